The van der Waals surface area contributed by atoms with Crippen molar-refractivity contribution in [3.8, 4) is 39.9 Å². The summed E-state index contributed by atoms with van der Waals surface area (Å²) in [5.74, 6) is 0.570. The van der Waals surface area contributed by atoms with Crippen LogP contribution in [0.15, 0.2) is 162 Å². The van der Waals surface area contributed by atoms with Crippen molar-refractivity contribution in [3.05, 3.63) is 158 Å². The molecule has 0 radical (unpaired) electrons. The quantitative estimate of drug-likeness (QED) is 0.186. The maximum atomic E-state index is 8.83. The monoisotopic (exact) mass is 675 g/mol. The van der Waals surface area contributed by atoms with E-state index in [1.165, 1.54) is 0 Å². The van der Waals surface area contributed by atoms with E-state index in [9.17, 15) is 0 Å². The van der Waals surface area contributed by atoms with Crippen molar-refractivity contribution in [1.29, 1.82) is 0 Å². The molecule has 0 amide bonds. The highest BCUT2D eigenvalue weighted by molar-refractivity contribution is 7.25. The Kier molecular flexibility index (Phi) is 5.08. The van der Waals surface area contributed by atoms with Crippen LogP contribution in [0.2, 0.25) is 0 Å². The summed E-state index contributed by atoms with van der Waals surface area (Å²) in [4.78, 5) is 14.8. The molecule has 0 atom stereocenters. The first-order chi connectivity index (χ1) is 27.4. The fourth-order valence-corrected chi connectivity index (χ4v) is 8.43. The summed E-state index contributed by atoms with van der Waals surface area (Å²) in [6.45, 7) is 0. The Labute approximate surface area is 302 Å². The van der Waals surface area contributed by atoms with E-state index in [0.717, 1.165) is 58.4 Å². The minimum absolute atomic E-state index is 0.0203. The second-order valence-corrected chi connectivity index (χ2v) is 13.5. The normalized spacial score (nSPS) is 13.3. The van der Waals surface area contributed by atoms with Gasteiger partial charge in [0, 0.05) is 58.4 Å². The van der Waals surface area contributed by atoms with Crippen molar-refractivity contribution in [2.75, 3.05) is 0 Å². The Bertz CT molecular complexity index is 3380. The maximum Gasteiger partial charge on any atom is 0.164 e. The van der Waals surface area contributed by atoms with Gasteiger partial charge in [0.05, 0.1) is 23.6 Å². The number of furan rings is 1. The maximum absolute atomic E-state index is 8.83. The zero-order valence-electron chi connectivity index (χ0n) is 31.7. The van der Waals surface area contributed by atoms with Crippen LogP contribution in [-0.2, 0) is 0 Å². The largest absolute Gasteiger partial charge is 0.454 e. The van der Waals surface area contributed by atoms with Gasteiger partial charge in [-0.25, -0.2) is 15.0 Å². The van der Waals surface area contributed by atoms with Gasteiger partial charge in [-0.2, -0.15) is 0 Å². The number of nitrogens with zero attached hydrogens (tertiary/aromatic N) is 4. The number of para-hydroxylation sites is 3. The van der Waals surface area contributed by atoms with E-state index < -0.39 is 18.1 Å². The molecule has 0 saturated carbocycles. The molecule has 4 heterocycles. The van der Waals surface area contributed by atoms with Crippen molar-refractivity contribution in [2.45, 2.75) is 0 Å². The van der Waals surface area contributed by atoms with Crippen LogP contribution in [0.3, 0.4) is 0 Å². The zero-order chi connectivity index (χ0) is 37.8. The summed E-state index contributed by atoms with van der Waals surface area (Å²) in [6.07, 6.45) is 0. The van der Waals surface area contributed by atoms with Gasteiger partial charge >= 0.3 is 0 Å². The molecule has 51 heavy (non-hydrogen) atoms. The average molecular weight is 676 g/mol. The highest BCUT2D eigenvalue weighted by atomic mass is 32.1. The summed E-state index contributed by atoms with van der Waals surface area (Å²) in [5.41, 5.74) is 5.58. The minimum Gasteiger partial charge on any atom is -0.454 e. The third kappa shape index (κ3) is 4.30. The minimum atomic E-state index is -0.485. The lowest BCUT2D eigenvalue weighted by Gasteiger charge is -2.10. The first kappa shape index (κ1) is 23.7. The molecule has 0 N–H and O–H groups in total. The Hall–Kier alpha value is -6.63. The molecule has 7 aromatic carbocycles. The van der Waals surface area contributed by atoms with Crippen LogP contribution in [0.4, 0.5) is 0 Å². The van der Waals surface area contributed by atoms with Crippen molar-refractivity contribution < 1.29 is 11.3 Å². The third-order valence-corrected chi connectivity index (χ3v) is 10.7. The fraction of sp³-hybridized carbons (Fsp3) is 0. The number of benzene rings is 7. The highest BCUT2D eigenvalue weighted by Gasteiger charge is 2.21. The Morgan fingerprint density at radius 2 is 1.18 bits per heavy atom. The number of hydrogen-bond acceptors (Lipinski definition) is 5. The highest BCUT2D eigenvalue weighted by Crippen LogP contribution is 2.42. The average Bonchev–Trinajstić information content (AvgIpc) is 3.92. The van der Waals surface area contributed by atoms with Crippen LogP contribution in [0.1, 0.15) is 6.85 Å². The number of thiophene rings is 1. The number of rotatable bonds is 4. The summed E-state index contributed by atoms with van der Waals surface area (Å²) in [6, 6.07) is 40.6. The molecule has 0 unspecified atom stereocenters. The summed E-state index contributed by atoms with van der Waals surface area (Å²) < 4.78 is 54.0. The van der Waals surface area contributed by atoms with Gasteiger partial charge in [0.25, 0.3) is 0 Å². The molecule has 0 aliphatic heterocycles. The van der Waals surface area contributed by atoms with E-state index in [0.29, 0.717) is 28.1 Å². The van der Waals surface area contributed by atoms with Crippen molar-refractivity contribution >= 4 is 75.3 Å². The Morgan fingerprint density at radius 1 is 0.529 bits per heavy atom. The van der Waals surface area contributed by atoms with Gasteiger partial charge in [0.1, 0.15) is 5.58 Å². The molecule has 0 spiro atoms. The van der Waals surface area contributed by atoms with Gasteiger partial charge in [-0.15, -0.1) is 11.3 Å². The van der Waals surface area contributed by atoms with E-state index >= 15 is 0 Å². The topological polar surface area (TPSA) is 56.7 Å². The van der Waals surface area contributed by atoms with Crippen LogP contribution in [-0.4, -0.2) is 19.5 Å². The van der Waals surface area contributed by atoms with Gasteiger partial charge < -0.3 is 8.98 Å². The molecule has 4 aromatic heterocycles. The van der Waals surface area contributed by atoms with Crippen LogP contribution in [0, 0.1) is 0 Å². The van der Waals surface area contributed by atoms with Gasteiger partial charge in [-0.05, 0) is 48.5 Å². The predicted molar refractivity (Wildman–Crippen MR) is 211 cm³/mol. The van der Waals surface area contributed by atoms with E-state index in [1.54, 1.807) is 11.3 Å². The Balaban J connectivity index is 1.19. The van der Waals surface area contributed by atoms with Crippen molar-refractivity contribution in [1.82, 2.24) is 19.5 Å². The summed E-state index contributed by atoms with van der Waals surface area (Å²) in [5, 5.41) is 6.09. The molecule has 238 valence electrons. The van der Waals surface area contributed by atoms with E-state index in [4.69, 9.17) is 26.2 Å². The molecule has 0 saturated heterocycles. The second-order valence-electron chi connectivity index (χ2n) is 12.4. The van der Waals surface area contributed by atoms with E-state index in [2.05, 4.69) is 59.2 Å². The fourth-order valence-electron chi connectivity index (χ4n) is 7.34. The van der Waals surface area contributed by atoms with E-state index in [-0.39, 0.29) is 29.3 Å². The first-order valence-electron chi connectivity index (χ1n) is 19.0. The lowest BCUT2D eigenvalue weighted by molar-refractivity contribution is 0.666. The van der Waals surface area contributed by atoms with Crippen LogP contribution >= 0.6 is 11.3 Å². The summed E-state index contributed by atoms with van der Waals surface area (Å²) in [7, 11) is 0. The SMILES string of the molecule is [2H]c1c([2H])c([2H])c(-c2nc(-c3ccc4sc5ccccc5c4c3)nc(-c3cccc4oc5c(-n6c7ccccc7c7ccccc76)cccc5c34)n2)c([2H])c1[2H]. The summed E-state index contributed by atoms with van der Waals surface area (Å²) >= 11 is 1.70. The van der Waals surface area contributed by atoms with Gasteiger partial charge in [-0.1, -0.05) is 109 Å². The van der Waals surface area contributed by atoms with Crippen LogP contribution < -0.4 is 0 Å². The number of fused-ring (bicyclic) bond motifs is 9. The molecule has 0 aliphatic carbocycles. The van der Waals surface area contributed by atoms with E-state index in [1.807, 2.05) is 72.8 Å². The molecule has 0 bridgehead atoms. The van der Waals surface area contributed by atoms with Crippen LogP contribution in [0.5, 0.6) is 0 Å². The number of aromatic nitrogens is 4. The van der Waals surface area contributed by atoms with Crippen molar-refractivity contribution in [3.63, 3.8) is 0 Å². The number of hydrogen-bond donors (Lipinski definition) is 0. The molecule has 0 fully saturated rings. The molecule has 11 aromatic rings. The lowest BCUT2D eigenvalue weighted by Crippen LogP contribution is -2.00. The van der Waals surface area contributed by atoms with Crippen molar-refractivity contribution in [2.24, 2.45) is 0 Å². The molecular weight excluding hydrogens is 645 g/mol. The molecule has 11 rings (SSSR count). The molecule has 0 aliphatic rings. The Morgan fingerprint density at radius 3 is 1.98 bits per heavy atom. The second kappa shape index (κ2) is 10.9. The standard InChI is InChI=1S/C45H26N4OS/c1-2-12-27(13-3-1)43-46-44(28-24-25-40-34(26-28)31-16-6-9-23-39(31)51-40)48-45(47-43)33-18-11-22-38-41(33)32-17-10-21-37(42(32)50-38)49-35-19-7-4-14-29(35)30-15-5-8-20-36(30)49/h1-26H/i1D,2D,3D,12D,13D. The van der Waals surface area contributed by atoms with Gasteiger partial charge in [0.2, 0.25) is 0 Å². The molecule has 6 heteroatoms. The van der Waals surface area contributed by atoms with Gasteiger partial charge in [0.15, 0.2) is 23.1 Å². The lowest BCUT2D eigenvalue weighted by atomic mass is 10.0. The third-order valence-electron chi connectivity index (χ3n) is 9.56. The van der Waals surface area contributed by atoms with Gasteiger partial charge in [-0.3, -0.25) is 0 Å². The zero-order valence-corrected chi connectivity index (χ0v) is 27.5. The smallest absolute Gasteiger partial charge is 0.164 e. The molecular formula is C45H26N4OS. The molecule has 5 nitrogen and oxygen atoms in total. The predicted octanol–water partition coefficient (Wildman–Crippen LogP) is 12.2. The van der Waals surface area contributed by atoms with Crippen LogP contribution in [0.25, 0.3) is 104 Å². The first-order valence-corrected chi connectivity index (χ1v) is 17.4.